The SMILES string of the molecule is O=C(Nc1ccc(-c2cc3cc(-c4ccco4)ccc3[nH]2)cc1)[C@@H]1CCCN1C(=O)Cc1ccccc1.O=C(Nc1ccc(-c2cc3cc(Br)ccc3[nH]2)cc1)[C@@H]1CCCN1C(=O)Cc1ccccc1.OB(O)c1ccco1. The van der Waals surface area contributed by atoms with Gasteiger partial charge in [-0.3, -0.25) is 19.2 Å². The lowest BCUT2D eigenvalue weighted by Gasteiger charge is -2.24. The van der Waals surface area contributed by atoms with E-state index in [4.69, 9.17) is 14.5 Å². The molecule has 0 aliphatic carbocycles. The van der Waals surface area contributed by atoms with Crippen molar-refractivity contribution in [3.05, 3.63) is 210 Å². The summed E-state index contributed by atoms with van der Waals surface area (Å²) < 4.78 is 11.2. The molecule has 78 heavy (non-hydrogen) atoms. The third kappa shape index (κ3) is 12.9. The molecule has 4 aromatic heterocycles. The van der Waals surface area contributed by atoms with Crippen molar-refractivity contribution in [1.82, 2.24) is 19.8 Å². The van der Waals surface area contributed by atoms with Crippen molar-refractivity contribution in [3.63, 3.8) is 0 Å². The fourth-order valence-electron chi connectivity index (χ4n) is 9.92. The van der Waals surface area contributed by atoms with E-state index in [0.717, 1.165) is 89.8 Å². The maximum atomic E-state index is 13.1. The number of hydrogen-bond donors (Lipinski definition) is 6. The van der Waals surface area contributed by atoms with E-state index < -0.39 is 19.2 Å². The van der Waals surface area contributed by atoms with Crippen LogP contribution in [0.2, 0.25) is 0 Å². The second-order valence-corrected chi connectivity index (χ2v) is 20.1. The van der Waals surface area contributed by atoms with Crippen molar-refractivity contribution in [1.29, 1.82) is 0 Å². The second kappa shape index (κ2) is 24.5. The Morgan fingerprint density at radius 2 is 1.01 bits per heavy atom. The Morgan fingerprint density at radius 1 is 0.538 bits per heavy atom. The Hall–Kier alpha value is -8.70. The number of rotatable bonds is 12. The van der Waals surface area contributed by atoms with Crippen molar-refractivity contribution in [2.24, 2.45) is 0 Å². The first kappa shape index (κ1) is 52.7. The summed E-state index contributed by atoms with van der Waals surface area (Å²) in [5.41, 5.74) is 10.8. The summed E-state index contributed by atoms with van der Waals surface area (Å²) in [6.45, 7) is 1.24. The van der Waals surface area contributed by atoms with Crippen LogP contribution in [0.3, 0.4) is 0 Å². The number of hydrogen-bond acceptors (Lipinski definition) is 8. The van der Waals surface area contributed by atoms with Crippen molar-refractivity contribution in [3.8, 4) is 33.8 Å². The molecule has 6 N–H and O–H groups in total. The highest BCUT2D eigenvalue weighted by Crippen LogP contribution is 2.31. The zero-order chi connectivity index (χ0) is 54.0. The molecular formula is C62H56BBrN6O8. The van der Waals surface area contributed by atoms with E-state index in [1.807, 2.05) is 140 Å². The quantitative estimate of drug-likeness (QED) is 0.0650. The number of nitrogens with zero attached hydrogens (tertiary/aromatic N) is 2. The Morgan fingerprint density at radius 3 is 1.47 bits per heavy atom. The van der Waals surface area contributed by atoms with Gasteiger partial charge in [-0.05, 0) is 145 Å². The van der Waals surface area contributed by atoms with Crippen molar-refractivity contribution in [2.45, 2.75) is 50.6 Å². The van der Waals surface area contributed by atoms with Gasteiger partial charge < -0.3 is 49.3 Å². The van der Waals surface area contributed by atoms with Crippen LogP contribution >= 0.6 is 15.9 Å². The average molecular weight is 1100 g/mol. The number of H-pyrrole nitrogens is 2. The number of amides is 4. The molecule has 0 bridgehead atoms. The molecule has 0 saturated carbocycles. The number of aromatic nitrogens is 2. The maximum Gasteiger partial charge on any atom is 0.526 e. The molecule has 12 rings (SSSR count). The number of benzene rings is 6. The number of anilines is 2. The molecule has 6 aromatic carbocycles. The molecule has 2 fully saturated rings. The molecule has 16 heteroatoms. The van der Waals surface area contributed by atoms with Gasteiger partial charge in [0.1, 0.15) is 23.5 Å². The van der Waals surface area contributed by atoms with Crippen LogP contribution in [0.1, 0.15) is 36.8 Å². The lowest BCUT2D eigenvalue weighted by atomic mass is 9.88. The van der Waals surface area contributed by atoms with Gasteiger partial charge in [-0.15, -0.1) is 0 Å². The zero-order valence-electron chi connectivity index (χ0n) is 42.5. The maximum absolute atomic E-state index is 13.1. The lowest BCUT2D eigenvalue weighted by Crippen LogP contribution is -2.43. The third-order valence-corrected chi connectivity index (χ3v) is 14.4. The van der Waals surface area contributed by atoms with Gasteiger partial charge in [0.05, 0.1) is 25.4 Å². The molecule has 2 aliphatic heterocycles. The second-order valence-electron chi connectivity index (χ2n) is 19.2. The van der Waals surface area contributed by atoms with E-state index in [2.05, 4.69) is 71.3 Å². The average Bonchev–Trinajstić information content (AvgIpc) is 4.33. The Balaban J connectivity index is 0.000000155. The predicted molar refractivity (Wildman–Crippen MR) is 308 cm³/mol. The summed E-state index contributed by atoms with van der Waals surface area (Å²) in [7, 11) is -1.48. The van der Waals surface area contributed by atoms with Crippen molar-refractivity contribution >= 4 is 85.5 Å². The number of halogens is 1. The molecule has 0 unspecified atom stereocenters. The van der Waals surface area contributed by atoms with Gasteiger partial charge in [-0.1, -0.05) is 101 Å². The van der Waals surface area contributed by atoms with Crippen molar-refractivity contribution < 1.29 is 38.1 Å². The van der Waals surface area contributed by atoms with Crippen LogP contribution in [0, 0.1) is 0 Å². The molecule has 4 amide bonds. The third-order valence-electron chi connectivity index (χ3n) is 13.9. The van der Waals surface area contributed by atoms with Crippen LogP contribution in [0.15, 0.2) is 208 Å². The molecule has 2 aliphatic rings. The Labute approximate surface area is 459 Å². The largest absolute Gasteiger partial charge is 0.526 e. The highest BCUT2D eigenvalue weighted by atomic mass is 79.9. The number of carbonyl (C=O) groups is 4. The summed E-state index contributed by atoms with van der Waals surface area (Å²) in [4.78, 5) is 62.1. The van der Waals surface area contributed by atoms with Gasteiger partial charge in [0.15, 0.2) is 0 Å². The molecule has 6 heterocycles. The van der Waals surface area contributed by atoms with E-state index in [0.29, 0.717) is 44.5 Å². The van der Waals surface area contributed by atoms with Crippen LogP contribution in [-0.4, -0.2) is 85.7 Å². The molecule has 10 aromatic rings. The molecule has 14 nitrogen and oxygen atoms in total. The fourth-order valence-corrected chi connectivity index (χ4v) is 10.3. The monoisotopic (exact) mass is 1100 g/mol. The molecule has 2 atom stereocenters. The number of nitrogens with one attached hydrogen (secondary N) is 4. The summed E-state index contributed by atoms with van der Waals surface area (Å²) in [6, 6.07) is 57.5. The zero-order valence-corrected chi connectivity index (χ0v) is 44.1. The lowest BCUT2D eigenvalue weighted by molar-refractivity contribution is -0.136. The van der Waals surface area contributed by atoms with E-state index in [-0.39, 0.29) is 29.3 Å². The fraction of sp³-hybridized carbons (Fsp3) is 0.161. The molecule has 2 saturated heterocycles. The number of aromatic amines is 2. The van der Waals surface area contributed by atoms with Crippen molar-refractivity contribution in [2.75, 3.05) is 23.7 Å². The van der Waals surface area contributed by atoms with Crippen LogP contribution in [0.25, 0.3) is 55.6 Å². The summed E-state index contributed by atoms with van der Waals surface area (Å²) in [5.74, 6) is 0.569. The highest BCUT2D eigenvalue weighted by Gasteiger charge is 2.35. The van der Waals surface area contributed by atoms with E-state index in [1.165, 1.54) is 12.3 Å². The molecule has 392 valence electrons. The van der Waals surface area contributed by atoms with Gasteiger partial charge >= 0.3 is 7.12 Å². The first-order chi connectivity index (χ1) is 38.0. The smallest absolute Gasteiger partial charge is 0.473 e. The van der Waals surface area contributed by atoms with E-state index in [1.54, 1.807) is 22.1 Å². The van der Waals surface area contributed by atoms with Crippen LogP contribution in [0.5, 0.6) is 0 Å². The minimum Gasteiger partial charge on any atom is -0.473 e. The predicted octanol–water partition coefficient (Wildman–Crippen LogP) is 11.0. The first-order valence-corrected chi connectivity index (χ1v) is 26.6. The Kier molecular flexibility index (Phi) is 16.6. The molecule has 0 radical (unpaired) electrons. The van der Waals surface area contributed by atoms with Gasteiger partial charge in [-0.2, -0.15) is 0 Å². The molecular weight excluding hydrogens is 1050 g/mol. The number of likely N-dealkylation sites (tertiary alicyclic amines) is 2. The first-order valence-electron chi connectivity index (χ1n) is 25.8. The van der Waals surface area contributed by atoms with Crippen LogP contribution in [0.4, 0.5) is 11.4 Å². The normalized spacial score (nSPS) is 14.8. The van der Waals surface area contributed by atoms with Crippen LogP contribution < -0.4 is 16.3 Å². The standard InChI is InChI=1S/C31H27N3O3.C27H24BrN3O2.C4H5BO3/c35-30(18-21-6-2-1-3-7-21)34-16-4-8-28(34)31(36)32-25-13-10-22(11-14-25)27-20-24-19-23(12-15-26(24)33-27)29-9-5-17-37-29;28-21-10-13-23-20(16-21)17-24(30-23)19-8-11-22(12-9-19)29-27(33)25-7-4-14-31(25)26(32)15-18-5-2-1-3-6-18;6-5(7)4-2-1-3-8-4/h1-3,5-7,9-15,17,19-20,28,33H,4,8,16,18H2,(H,32,36);1-3,5-6,8-13,16-17,25,30H,4,7,14-15H2,(H,29,33);1-3,6-7H/t28-;25-;/m00./s1. The van der Waals surface area contributed by atoms with E-state index in [9.17, 15) is 19.2 Å². The Bertz CT molecular complexity index is 3620. The minimum atomic E-state index is -1.48. The molecule has 0 spiro atoms. The topological polar surface area (TPSA) is 197 Å². The van der Waals surface area contributed by atoms with Gasteiger partial charge in [0, 0.05) is 67.7 Å². The summed E-state index contributed by atoms with van der Waals surface area (Å²) >= 11 is 3.51. The highest BCUT2D eigenvalue weighted by molar-refractivity contribution is 9.10. The summed E-state index contributed by atoms with van der Waals surface area (Å²) in [6.07, 6.45) is 6.74. The number of furan rings is 2. The van der Waals surface area contributed by atoms with Crippen LogP contribution in [-0.2, 0) is 32.0 Å². The van der Waals surface area contributed by atoms with Gasteiger partial charge in [0.2, 0.25) is 23.6 Å². The van der Waals surface area contributed by atoms with Gasteiger partial charge in [-0.25, -0.2) is 0 Å². The number of fused-ring (bicyclic) bond motifs is 2. The summed E-state index contributed by atoms with van der Waals surface area (Å²) in [5, 5.41) is 25.0. The van der Waals surface area contributed by atoms with Gasteiger partial charge in [0.25, 0.3) is 0 Å². The minimum absolute atomic E-state index is 0.000328. The van der Waals surface area contributed by atoms with E-state index >= 15 is 0 Å². The number of carbonyl (C=O) groups excluding carboxylic acids is 4.